The number of carbonyl (C=O) groups excluding carboxylic acids is 2. The van der Waals surface area contributed by atoms with Crippen LogP contribution in [-0.2, 0) is 11.3 Å². The highest BCUT2D eigenvalue weighted by Gasteiger charge is 2.25. The number of amides is 2. The molecule has 1 fully saturated rings. The first kappa shape index (κ1) is 21.8. The maximum absolute atomic E-state index is 12.9. The van der Waals surface area contributed by atoms with Crippen LogP contribution < -0.4 is 10.2 Å². The molecule has 1 aliphatic rings. The Bertz CT molecular complexity index is 856. The molecule has 2 aromatic rings. The normalized spacial score (nSPS) is 14.6. The lowest BCUT2D eigenvalue weighted by Gasteiger charge is -2.32. The van der Waals surface area contributed by atoms with Gasteiger partial charge in [0.15, 0.2) is 0 Å². The minimum Gasteiger partial charge on any atom is -0.450 e. The Labute approximate surface area is 178 Å². The molecule has 1 aliphatic heterocycles. The fraction of sp³-hybridized carbons (Fsp3) is 0.417. The van der Waals surface area contributed by atoms with Crippen LogP contribution in [0, 0.1) is 0 Å². The van der Waals surface area contributed by atoms with Gasteiger partial charge in [-0.25, -0.2) is 4.79 Å². The molecule has 0 aliphatic carbocycles. The number of quaternary nitrogens is 1. The molecule has 2 amide bonds. The molecule has 30 heavy (non-hydrogen) atoms. The average molecular weight is 411 g/mol. The van der Waals surface area contributed by atoms with Crippen molar-refractivity contribution in [1.29, 1.82) is 0 Å². The molecule has 0 saturated carbocycles. The second kappa shape index (κ2) is 10.3. The maximum atomic E-state index is 12.9. The van der Waals surface area contributed by atoms with E-state index >= 15 is 0 Å². The molecule has 0 bridgehead atoms. The summed E-state index contributed by atoms with van der Waals surface area (Å²) in [6, 6.07) is 15.9. The first-order chi connectivity index (χ1) is 14.5. The lowest BCUT2D eigenvalue weighted by molar-refractivity contribution is -0.917. The molecule has 0 radical (unpaired) electrons. The van der Waals surface area contributed by atoms with Gasteiger partial charge in [-0.15, -0.1) is 0 Å². The molecule has 1 heterocycles. The van der Waals surface area contributed by atoms with E-state index in [1.165, 1.54) is 16.0 Å². The molecule has 6 nitrogen and oxygen atoms in total. The minimum atomic E-state index is -0.513. The summed E-state index contributed by atoms with van der Waals surface area (Å²) in [4.78, 5) is 27.9. The van der Waals surface area contributed by atoms with Gasteiger partial charge in [0.25, 0.3) is 5.91 Å². The summed E-state index contributed by atoms with van der Waals surface area (Å²) in [7, 11) is 0. The number of nitrogens with one attached hydrogen (secondary N) is 2. The van der Waals surface area contributed by atoms with Crippen LogP contribution in [0.15, 0.2) is 48.5 Å². The molecular weight excluding hydrogens is 378 g/mol. The van der Waals surface area contributed by atoms with E-state index in [4.69, 9.17) is 4.74 Å². The minimum absolute atomic E-state index is 0.00263. The Balaban J connectivity index is 1.53. The van der Waals surface area contributed by atoms with E-state index in [1.54, 1.807) is 31.2 Å². The largest absolute Gasteiger partial charge is 0.450 e. The number of anilines is 1. The van der Waals surface area contributed by atoms with Crippen LogP contribution in [-0.4, -0.2) is 49.7 Å². The highest BCUT2D eigenvalue weighted by molar-refractivity contribution is 5.96. The van der Waals surface area contributed by atoms with Crippen LogP contribution in [0.1, 0.15) is 48.2 Å². The fourth-order valence-electron chi connectivity index (χ4n) is 3.71. The zero-order valence-electron chi connectivity index (χ0n) is 18.1. The molecular formula is C24H32N3O3+. The number of carbonyl (C=O) groups is 2. The zero-order chi connectivity index (χ0) is 21.5. The van der Waals surface area contributed by atoms with E-state index in [2.05, 4.69) is 43.4 Å². The topological polar surface area (TPSA) is 63.1 Å². The van der Waals surface area contributed by atoms with E-state index in [0.29, 0.717) is 23.8 Å². The standard InChI is InChI=1S/C24H31N3O3/c1-4-30-24(29)25-22-7-5-6-21(16-22)23(28)27-14-12-26(13-15-27)17-19-8-10-20(11-9-19)18(2)3/h5-11,16,18H,4,12-15,17H2,1-3H3,(H,25,29)/p+1. The van der Waals surface area contributed by atoms with Crippen molar-refractivity contribution < 1.29 is 19.2 Å². The van der Waals surface area contributed by atoms with Crippen molar-refractivity contribution in [2.75, 3.05) is 38.1 Å². The van der Waals surface area contributed by atoms with E-state index < -0.39 is 6.09 Å². The third-order valence-electron chi connectivity index (χ3n) is 5.49. The zero-order valence-corrected chi connectivity index (χ0v) is 18.1. The monoisotopic (exact) mass is 410 g/mol. The first-order valence-electron chi connectivity index (χ1n) is 10.7. The molecule has 1 saturated heterocycles. The molecule has 160 valence electrons. The van der Waals surface area contributed by atoms with Crippen LogP contribution in [0.2, 0.25) is 0 Å². The third-order valence-corrected chi connectivity index (χ3v) is 5.49. The van der Waals surface area contributed by atoms with Gasteiger partial charge in [0, 0.05) is 16.8 Å². The number of nitrogens with zero attached hydrogens (tertiary/aromatic N) is 1. The van der Waals surface area contributed by atoms with Gasteiger partial charge in [0.2, 0.25) is 0 Å². The number of rotatable bonds is 6. The summed E-state index contributed by atoms with van der Waals surface area (Å²) < 4.78 is 4.89. The van der Waals surface area contributed by atoms with Crippen molar-refractivity contribution in [2.24, 2.45) is 0 Å². The van der Waals surface area contributed by atoms with Crippen LogP contribution in [0.25, 0.3) is 0 Å². The maximum Gasteiger partial charge on any atom is 0.411 e. The summed E-state index contributed by atoms with van der Waals surface area (Å²) in [6.07, 6.45) is -0.513. The van der Waals surface area contributed by atoms with Crippen molar-refractivity contribution in [3.05, 3.63) is 65.2 Å². The smallest absolute Gasteiger partial charge is 0.411 e. The van der Waals surface area contributed by atoms with Crippen LogP contribution in [0.5, 0.6) is 0 Å². The van der Waals surface area contributed by atoms with E-state index in [9.17, 15) is 9.59 Å². The summed E-state index contributed by atoms with van der Waals surface area (Å²) >= 11 is 0. The van der Waals surface area contributed by atoms with Crippen LogP contribution >= 0.6 is 0 Å². The number of benzene rings is 2. The van der Waals surface area contributed by atoms with E-state index in [0.717, 1.165) is 32.7 Å². The SMILES string of the molecule is CCOC(=O)Nc1cccc(C(=O)N2CC[NH+](Cc3ccc(C(C)C)cc3)CC2)c1. The van der Waals surface area contributed by atoms with Gasteiger partial charge in [-0.2, -0.15) is 0 Å². The van der Waals surface area contributed by atoms with Crippen LogP contribution in [0.3, 0.4) is 0 Å². The van der Waals surface area contributed by atoms with Gasteiger partial charge in [0.1, 0.15) is 6.54 Å². The number of hydrogen-bond donors (Lipinski definition) is 2. The third kappa shape index (κ3) is 5.83. The Hall–Kier alpha value is -2.86. The number of piperazine rings is 1. The van der Waals surface area contributed by atoms with Gasteiger partial charge in [-0.05, 0) is 36.6 Å². The first-order valence-corrected chi connectivity index (χ1v) is 10.7. The van der Waals surface area contributed by atoms with Crippen molar-refractivity contribution in [3.8, 4) is 0 Å². The predicted octanol–water partition coefficient (Wildman–Crippen LogP) is 2.92. The van der Waals surface area contributed by atoms with Crippen LogP contribution in [0.4, 0.5) is 10.5 Å². The second-order valence-electron chi connectivity index (χ2n) is 8.04. The van der Waals surface area contributed by atoms with Gasteiger partial charge >= 0.3 is 6.09 Å². The molecule has 0 atom stereocenters. The Morgan fingerprint density at radius 2 is 1.80 bits per heavy atom. The summed E-state index contributed by atoms with van der Waals surface area (Å²) in [5.41, 5.74) is 3.85. The predicted molar refractivity (Wildman–Crippen MR) is 118 cm³/mol. The molecule has 0 spiro atoms. The average Bonchev–Trinajstić information content (AvgIpc) is 2.74. The van der Waals surface area contributed by atoms with Crippen molar-refractivity contribution in [1.82, 2.24) is 4.90 Å². The summed E-state index contributed by atoms with van der Waals surface area (Å²) in [5, 5.41) is 2.65. The number of ether oxygens (including phenoxy) is 1. The van der Waals surface area contributed by atoms with Crippen molar-refractivity contribution >= 4 is 17.7 Å². The molecule has 6 heteroatoms. The highest BCUT2D eigenvalue weighted by Crippen LogP contribution is 2.15. The second-order valence-corrected chi connectivity index (χ2v) is 8.04. The van der Waals surface area contributed by atoms with Gasteiger partial charge in [-0.1, -0.05) is 44.2 Å². The molecule has 2 N–H and O–H groups in total. The Morgan fingerprint density at radius 3 is 2.43 bits per heavy atom. The van der Waals surface area contributed by atoms with E-state index in [1.807, 2.05) is 4.90 Å². The van der Waals surface area contributed by atoms with Gasteiger partial charge < -0.3 is 14.5 Å². The summed E-state index contributed by atoms with van der Waals surface area (Å²) in [6.45, 7) is 10.8. The molecule has 0 unspecified atom stereocenters. The van der Waals surface area contributed by atoms with Crippen molar-refractivity contribution in [2.45, 2.75) is 33.2 Å². The lowest BCUT2D eigenvalue weighted by atomic mass is 10.0. The number of hydrogen-bond acceptors (Lipinski definition) is 3. The Morgan fingerprint density at radius 1 is 1.10 bits per heavy atom. The molecule has 3 rings (SSSR count). The summed E-state index contributed by atoms with van der Waals surface area (Å²) in [5.74, 6) is 0.551. The Kier molecular flexibility index (Phi) is 7.46. The molecule has 0 aromatic heterocycles. The van der Waals surface area contributed by atoms with Gasteiger partial charge in [0.05, 0.1) is 32.8 Å². The molecule has 2 aromatic carbocycles. The van der Waals surface area contributed by atoms with E-state index in [-0.39, 0.29) is 5.91 Å². The van der Waals surface area contributed by atoms with Gasteiger partial charge in [-0.3, -0.25) is 10.1 Å². The van der Waals surface area contributed by atoms with Crippen molar-refractivity contribution in [3.63, 3.8) is 0 Å². The fourth-order valence-corrected chi connectivity index (χ4v) is 3.71. The quantitative estimate of drug-likeness (QED) is 0.770. The highest BCUT2D eigenvalue weighted by atomic mass is 16.5. The lowest BCUT2D eigenvalue weighted by Crippen LogP contribution is -3.13.